The first-order valence-electron chi connectivity index (χ1n) is 3.89. The highest BCUT2D eigenvalue weighted by Crippen LogP contribution is 2.25. The van der Waals surface area contributed by atoms with Crippen LogP contribution >= 0.6 is 15.9 Å². The molecule has 0 saturated heterocycles. The molecule has 0 aliphatic heterocycles. The fraction of sp³-hybridized carbons (Fsp3) is 0.200. The molecule has 0 aromatic heterocycles. The number of methoxy groups -OCH3 is 1. The Hall–Kier alpha value is -0.800. The molecule has 1 aromatic carbocycles. The summed E-state index contributed by atoms with van der Waals surface area (Å²) in [5, 5.41) is 8.58. The highest BCUT2D eigenvalue weighted by Gasteiger charge is 1.98. The van der Waals surface area contributed by atoms with Gasteiger partial charge >= 0.3 is 0 Å². The highest BCUT2D eigenvalue weighted by atomic mass is 79.9. The van der Waals surface area contributed by atoms with E-state index in [1.54, 1.807) is 13.2 Å². The first-order chi connectivity index (χ1) is 6.27. The molecular formula is C10H11BrO2. The summed E-state index contributed by atoms with van der Waals surface area (Å²) in [5.41, 5.74) is 1.01. The van der Waals surface area contributed by atoms with E-state index >= 15 is 0 Å². The van der Waals surface area contributed by atoms with Crippen molar-refractivity contribution < 1.29 is 9.84 Å². The molecule has 3 heteroatoms. The number of hydrogen-bond donors (Lipinski definition) is 1. The van der Waals surface area contributed by atoms with Crippen LogP contribution in [-0.4, -0.2) is 18.8 Å². The first kappa shape index (κ1) is 10.3. The average molecular weight is 243 g/mol. The number of ether oxygens (including phenoxy) is 1. The minimum atomic E-state index is 0.0539. The van der Waals surface area contributed by atoms with Gasteiger partial charge in [-0.05, 0) is 33.6 Å². The third-order valence-corrected chi connectivity index (χ3v) is 2.25. The molecule has 0 heterocycles. The van der Waals surface area contributed by atoms with Crippen molar-refractivity contribution in [3.8, 4) is 5.75 Å². The van der Waals surface area contributed by atoms with Crippen molar-refractivity contribution in [3.05, 3.63) is 34.3 Å². The molecule has 0 radical (unpaired) electrons. The van der Waals surface area contributed by atoms with E-state index in [9.17, 15) is 0 Å². The minimum Gasteiger partial charge on any atom is -0.496 e. The maximum Gasteiger partial charge on any atom is 0.133 e. The second-order valence-corrected chi connectivity index (χ2v) is 3.33. The highest BCUT2D eigenvalue weighted by molar-refractivity contribution is 9.10. The van der Waals surface area contributed by atoms with Crippen LogP contribution in [-0.2, 0) is 0 Å². The first-order valence-corrected chi connectivity index (χ1v) is 4.68. The summed E-state index contributed by atoms with van der Waals surface area (Å²) in [6, 6.07) is 5.75. The lowest BCUT2D eigenvalue weighted by Crippen LogP contribution is -1.85. The predicted molar refractivity (Wildman–Crippen MR) is 56.8 cm³/mol. The number of hydrogen-bond acceptors (Lipinski definition) is 2. The van der Waals surface area contributed by atoms with E-state index < -0.39 is 0 Å². The van der Waals surface area contributed by atoms with Crippen molar-refractivity contribution in [2.75, 3.05) is 13.7 Å². The third-order valence-electron chi connectivity index (χ3n) is 1.59. The van der Waals surface area contributed by atoms with Gasteiger partial charge in [0, 0.05) is 0 Å². The van der Waals surface area contributed by atoms with Gasteiger partial charge in [0.15, 0.2) is 0 Å². The summed E-state index contributed by atoms with van der Waals surface area (Å²) in [4.78, 5) is 0. The second kappa shape index (κ2) is 5.04. The lowest BCUT2D eigenvalue weighted by molar-refractivity contribution is 0.343. The summed E-state index contributed by atoms with van der Waals surface area (Å²) >= 11 is 3.36. The van der Waals surface area contributed by atoms with E-state index in [4.69, 9.17) is 9.84 Å². The molecule has 0 spiro atoms. The van der Waals surface area contributed by atoms with Gasteiger partial charge in [0.1, 0.15) is 5.75 Å². The summed E-state index contributed by atoms with van der Waals surface area (Å²) in [6.07, 6.45) is 3.53. The molecule has 0 fully saturated rings. The van der Waals surface area contributed by atoms with E-state index in [0.29, 0.717) is 0 Å². The number of aliphatic hydroxyl groups is 1. The third kappa shape index (κ3) is 2.86. The van der Waals surface area contributed by atoms with Gasteiger partial charge in [-0.1, -0.05) is 18.2 Å². The zero-order chi connectivity index (χ0) is 9.68. The van der Waals surface area contributed by atoms with Crippen LogP contribution in [0.2, 0.25) is 0 Å². The Morgan fingerprint density at radius 2 is 2.31 bits per heavy atom. The van der Waals surface area contributed by atoms with Gasteiger partial charge in [-0.15, -0.1) is 0 Å². The number of aliphatic hydroxyl groups excluding tert-OH is 1. The zero-order valence-electron chi connectivity index (χ0n) is 7.33. The molecule has 0 aliphatic carbocycles. The molecule has 0 saturated carbocycles. The topological polar surface area (TPSA) is 29.5 Å². The lowest BCUT2D eigenvalue weighted by atomic mass is 10.2. The van der Waals surface area contributed by atoms with Gasteiger partial charge in [0.25, 0.3) is 0 Å². The Morgan fingerprint density at radius 3 is 2.92 bits per heavy atom. The van der Waals surface area contributed by atoms with Crippen LogP contribution in [0.4, 0.5) is 0 Å². The fourth-order valence-corrected chi connectivity index (χ4v) is 1.38. The number of benzene rings is 1. The van der Waals surface area contributed by atoms with Crippen LogP contribution in [0.1, 0.15) is 5.56 Å². The zero-order valence-corrected chi connectivity index (χ0v) is 8.91. The Balaban J connectivity index is 2.92. The van der Waals surface area contributed by atoms with Crippen LogP contribution in [0, 0.1) is 0 Å². The van der Waals surface area contributed by atoms with E-state index in [2.05, 4.69) is 15.9 Å². The minimum absolute atomic E-state index is 0.0539. The molecular weight excluding hydrogens is 232 g/mol. The lowest BCUT2D eigenvalue weighted by Gasteiger charge is -2.03. The molecule has 0 atom stereocenters. The summed E-state index contributed by atoms with van der Waals surface area (Å²) in [6.45, 7) is 0.0539. The normalized spacial score (nSPS) is 10.7. The molecule has 0 bridgehead atoms. The standard InChI is InChI=1S/C10H11BrO2/c1-13-10-7-8(3-2-6-12)4-5-9(10)11/h2-5,7,12H,6H2,1H3. The fourth-order valence-electron chi connectivity index (χ4n) is 0.969. The summed E-state index contributed by atoms with van der Waals surface area (Å²) in [5.74, 6) is 0.792. The Kier molecular flexibility index (Phi) is 3.99. The van der Waals surface area contributed by atoms with Crippen molar-refractivity contribution in [1.29, 1.82) is 0 Å². The van der Waals surface area contributed by atoms with E-state index in [-0.39, 0.29) is 6.61 Å². The van der Waals surface area contributed by atoms with Gasteiger partial charge in [0.2, 0.25) is 0 Å². The molecule has 1 rings (SSSR count). The van der Waals surface area contributed by atoms with Crippen LogP contribution < -0.4 is 4.74 Å². The van der Waals surface area contributed by atoms with Crippen molar-refractivity contribution >= 4 is 22.0 Å². The maximum atomic E-state index is 8.58. The summed E-state index contributed by atoms with van der Waals surface area (Å²) < 4.78 is 6.05. The van der Waals surface area contributed by atoms with Gasteiger partial charge in [-0.3, -0.25) is 0 Å². The Labute approximate surface area is 86.0 Å². The van der Waals surface area contributed by atoms with Gasteiger partial charge in [-0.2, -0.15) is 0 Å². The quantitative estimate of drug-likeness (QED) is 0.883. The van der Waals surface area contributed by atoms with Crippen molar-refractivity contribution in [2.45, 2.75) is 0 Å². The SMILES string of the molecule is COc1cc(C=CCO)ccc1Br. The van der Waals surface area contributed by atoms with Gasteiger partial charge in [0.05, 0.1) is 18.2 Å². The molecule has 0 amide bonds. The van der Waals surface area contributed by atoms with Gasteiger partial charge < -0.3 is 9.84 Å². The number of halogens is 1. The summed E-state index contributed by atoms with van der Waals surface area (Å²) in [7, 11) is 1.62. The van der Waals surface area contributed by atoms with Crippen LogP contribution in [0.3, 0.4) is 0 Å². The molecule has 0 unspecified atom stereocenters. The Morgan fingerprint density at radius 1 is 1.54 bits per heavy atom. The van der Waals surface area contributed by atoms with Crippen LogP contribution in [0.5, 0.6) is 5.75 Å². The molecule has 1 aromatic rings. The second-order valence-electron chi connectivity index (χ2n) is 2.48. The monoisotopic (exact) mass is 242 g/mol. The Bertz CT molecular complexity index is 308. The smallest absolute Gasteiger partial charge is 0.133 e. The molecule has 1 N–H and O–H groups in total. The average Bonchev–Trinajstić information content (AvgIpc) is 2.16. The van der Waals surface area contributed by atoms with E-state index in [0.717, 1.165) is 15.8 Å². The van der Waals surface area contributed by atoms with E-state index in [1.807, 2.05) is 24.3 Å². The van der Waals surface area contributed by atoms with Crippen LogP contribution in [0.15, 0.2) is 28.7 Å². The molecule has 13 heavy (non-hydrogen) atoms. The largest absolute Gasteiger partial charge is 0.496 e. The predicted octanol–water partition coefficient (Wildman–Crippen LogP) is 2.46. The van der Waals surface area contributed by atoms with Crippen molar-refractivity contribution in [1.82, 2.24) is 0 Å². The van der Waals surface area contributed by atoms with Crippen LogP contribution in [0.25, 0.3) is 6.08 Å². The molecule has 2 nitrogen and oxygen atoms in total. The van der Waals surface area contributed by atoms with Crippen molar-refractivity contribution in [2.24, 2.45) is 0 Å². The maximum absolute atomic E-state index is 8.58. The molecule has 70 valence electrons. The van der Waals surface area contributed by atoms with Gasteiger partial charge in [-0.25, -0.2) is 0 Å². The molecule has 0 aliphatic rings. The number of rotatable bonds is 3. The van der Waals surface area contributed by atoms with Crippen molar-refractivity contribution in [3.63, 3.8) is 0 Å². The van der Waals surface area contributed by atoms with E-state index in [1.165, 1.54) is 0 Å².